The van der Waals surface area contributed by atoms with Crippen molar-refractivity contribution in [2.75, 3.05) is 5.79 Å². The molecule has 0 aromatic heterocycles. The van der Waals surface area contributed by atoms with Gasteiger partial charge in [-0.15, -0.1) is 0 Å². The highest BCUT2D eigenvalue weighted by molar-refractivity contribution is 7.57. The van der Waals surface area contributed by atoms with Crippen LogP contribution < -0.4 is 0 Å². The molecule has 0 spiro atoms. The molecule has 0 saturated carbocycles. The fourth-order valence-electron chi connectivity index (χ4n) is 1.32. The Balaban J connectivity index is 4.63. The minimum Gasteiger partial charge on any atom is -0.306 e. The zero-order chi connectivity index (χ0) is 12.3. The van der Waals surface area contributed by atoms with Crippen molar-refractivity contribution in [3.63, 3.8) is 0 Å². The van der Waals surface area contributed by atoms with Crippen LogP contribution in [0, 0.1) is 0 Å². The molecule has 0 bridgehead atoms. The third kappa shape index (κ3) is 8.20. The molecular formula is C10H25O3PSi. The maximum Gasteiger partial charge on any atom is 0.328 e. The summed E-state index contributed by atoms with van der Waals surface area (Å²) in [5.74, 6) is 0.594. The second-order valence-corrected chi connectivity index (χ2v) is 13.7. The average molecular weight is 252 g/mol. The van der Waals surface area contributed by atoms with E-state index in [0.717, 1.165) is 0 Å². The predicted molar refractivity (Wildman–Crippen MR) is 68.3 cm³/mol. The molecule has 0 unspecified atom stereocenters. The molecule has 0 N–H and O–H groups in total. The highest BCUT2D eigenvalue weighted by Gasteiger charge is 2.33. The Morgan fingerprint density at radius 2 is 1.33 bits per heavy atom. The first kappa shape index (κ1) is 15.4. The van der Waals surface area contributed by atoms with Gasteiger partial charge in [-0.3, -0.25) is 4.57 Å². The van der Waals surface area contributed by atoms with Crippen LogP contribution in [-0.4, -0.2) is 26.1 Å². The molecule has 0 aliphatic heterocycles. The second-order valence-electron chi connectivity index (χ2n) is 5.64. The smallest absolute Gasteiger partial charge is 0.306 e. The first-order valence-electron chi connectivity index (χ1n) is 5.50. The van der Waals surface area contributed by atoms with Crippen molar-refractivity contribution in [3.05, 3.63) is 0 Å². The van der Waals surface area contributed by atoms with Crippen molar-refractivity contribution in [1.29, 1.82) is 0 Å². The predicted octanol–water partition coefficient (Wildman–Crippen LogP) is 3.91. The Morgan fingerprint density at radius 1 is 1.00 bits per heavy atom. The molecular weight excluding hydrogens is 227 g/mol. The summed E-state index contributed by atoms with van der Waals surface area (Å²) >= 11 is 0. The van der Waals surface area contributed by atoms with Crippen LogP contribution in [0.4, 0.5) is 0 Å². The van der Waals surface area contributed by atoms with Gasteiger partial charge in [0.2, 0.25) is 0 Å². The van der Waals surface area contributed by atoms with Crippen LogP contribution in [0.2, 0.25) is 19.6 Å². The Hall–Kier alpha value is 0.367. The molecule has 0 aliphatic carbocycles. The zero-order valence-electron chi connectivity index (χ0n) is 11.0. The maximum atomic E-state index is 12.4. The summed E-state index contributed by atoms with van der Waals surface area (Å²) in [6.07, 6.45) is -0.100. The molecule has 0 fully saturated rings. The standard InChI is InChI=1S/C10H25O3PSi/c1-9(2)12-14(11,13-10(3)4)8-15(5,6)7/h9-10H,8H2,1-7H3. The summed E-state index contributed by atoms with van der Waals surface area (Å²) in [5, 5.41) is 0. The minimum atomic E-state index is -2.89. The van der Waals surface area contributed by atoms with Gasteiger partial charge >= 0.3 is 7.60 Å². The third-order valence-corrected chi connectivity index (χ3v) is 8.24. The van der Waals surface area contributed by atoms with Gasteiger partial charge in [0.05, 0.1) is 20.3 Å². The van der Waals surface area contributed by atoms with Crippen LogP contribution in [-0.2, 0) is 13.6 Å². The Morgan fingerprint density at radius 3 is 1.53 bits per heavy atom. The SMILES string of the molecule is CC(C)OP(=O)(C[Si](C)(C)C)OC(C)C. The van der Waals surface area contributed by atoms with Crippen molar-refractivity contribution in [2.45, 2.75) is 59.5 Å². The van der Waals surface area contributed by atoms with E-state index in [1.807, 2.05) is 27.7 Å². The number of hydrogen-bond donors (Lipinski definition) is 0. The highest BCUT2D eigenvalue weighted by Crippen LogP contribution is 2.52. The molecule has 0 saturated heterocycles. The van der Waals surface area contributed by atoms with E-state index in [0.29, 0.717) is 5.79 Å². The van der Waals surface area contributed by atoms with E-state index in [9.17, 15) is 4.57 Å². The van der Waals surface area contributed by atoms with E-state index in [-0.39, 0.29) is 12.2 Å². The van der Waals surface area contributed by atoms with Gasteiger partial charge < -0.3 is 9.05 Å². The molecule has 0 amide bonds. The molecule has 0 heterocycles. The normalized spacial score (nSPS) is 13.9. The fourth-order valence-corrected chi connectivity index (χ4v) is 7.90. The second kappa shape index (κ2) is 5.62. The monoisotopic (exact) mass is 252 g/mol. The lowest BCUT2D eigenvalue weighted by molar-refractivity contribution is 0.145. The maximum absolute atomic E-state index is 12.4. The van der Waals surface area contributed by atoms with Gasteiger partial charge in [-0.2, -0.15) is 0 Å². The highest BCUT2D eigenvalue weighted by atomic mass is 31.2. The molecule has 92 valence electrons. The van der Waals surface area contributed by atoms with Crippen LogP contribution in [0.5, 0.6) is 0 Å². The lowest BCUT2D eigenvalue weighted by atomic mass is 10.5. The van der Waals surface area contributed by atoms with E-state index in [1.54, 1.807) is 0 Å². The van der Waals surface area contributed by atoms with Crippen molar-refractivity contribution in [2.24, 2.45) is 0 Å². The van der Waals surface area contributed by atoms with Crippen LogP contribution in [0.1, 0.15) is 27.7 Å². The van der Waals surface area contributed by atoms with Crippen LogP contribution in [0.25, 0.3) is 0 Å². The Bertz CT molecular complexity index is 219. The molecule has 0 aromatic rings. The van der Waals surface area contributed by atoms with E-state index < -0.39 is 15.7 Å². The molecule has 0 aliphatic rings. The van der Waals surface area contributed by atoms with Gasteiger partial charge in [0.1, 0.15) is 0 Å². The lowest BCUT2D eigenvalue weighted by Gasteiger charge is -2.27. The molecule has 5 heteroatoms. The topological polar surface area (TPSA) is 35.5 Å². The molecule has 0 aromatic carbocycles. The van der Waals surface area contributed by atoms with Crippen LogP contribution >= 0.6 is 7.60 Å². The lowest BCUT2D eigenvalue weighted by Crippen LogP contribution is -2.28. The van der Waals surface area contributed by atoms with E-state index in [4.69, 9.17) is 9.05 Å². The van der Waals surface area contributed by atoms with E-state index in [1.165, 1.54) is 0 Å². The largest absolute Gasteiger partial charge is 0.328 e. The number of rotatable bonds is 6. The van der Waals surface area contributed by atoms with Gasteiger partial charge in [0, 0.05) is 5.79 Å². The summed E-state index contributed by atoms with van der Waals surface area (Å²) in [7, 11) is -4.33. The Kier molecular flexibility index (Phi) is 5.76. The van der Waals surface area contributed by atoms with Crippen molar-refractivity contribution >= 4 is 15.7 Å². The molecule has 0 rings (SSSR count). The zero-order valence-corrected chi connectivity index (χ0v) is 12.9. The van der Waals surface area contributed by atoms with Gasteiger partial charge in [-0.1, -0.05) is 19.6 Å². The Labute approximate surface area is 95.1 Å². The minimum absolute atomic E-state index is 0.0501. The summed E-state index contributed by atoms with van der Waals surface area (Å²) in [5.41, 5.74) is 0. The summed E-state index contributed by atoms with van der Waals surface area (Å²) < 4.78 is 23.4. The molecule has 3 nitrogen and oxygen atoms in total. The third-order valence-electron chi connectivity index (χ3n) is 1.41. The van der Waals surface area contributed by atoms with Crippen LogP contribution in [0.3, 0.4) is 0 Å². The van der Waals surface area contributed by atoms with Gasteiger partial charge in [-0.05, 0) is 27.7 Å². The quantitative estimate of drug-likeness (QED) is 0.531. The summed E-state index contributed by atoms with van der Waals surface area (Å²) in [6.45, 7) is 14.1. The first-order chi connectivity index (χ1) is 6.54. The first-order valence-corrected chi connectivity index (χ1v) is 10.9. The van der Waals surface area contributed by atoms with Gasteiger partial charge in [0.25, 0.3) is 0 Å². The van der Waals surface area contributed by atoms with Gasteiger partial charge in [0.15, 0.2) is 0 Å². The molecule has 15 heavy (non-hydrogen) atoms. The van der Waals surface area contributed by atoms with E-state index in [2.05, 4.69) is 19.6 Å². The molecule has 0 radical (unpaired) electrons. The summed E-state index contributed by atoms with van der Waals surface area (Å²) in [6, 6.07) is 0. The van der Waals surface area contributed by atoms with E-state index >= 15 is 0 Å². The summed E-state index contributed by atoms with van der Waals surface area (Å²) in [4.78, 5) is 0. The van der Waals surface area contributed by atoms with Gasteiger partial charge in [-0.25, -0.2) is 0 Å². The molecule has 0 atom stereocenters. The van der Waals surface area contributed by atoms with Crippen LogP contribution in [0.15, 0.2) is 0 Å². The van der Waals surface area contributed by atoms with Crippen molar-refractivity contribution in [3.8, 4) is 0 Å². The number of hydrogen-bond acceptors (Lipinski definition) is 3. The van der Waals surface area contributed by atoms with Crippen molar-refractivity contribution < 1.29 is 13.6 Å². The average Bonchev–Trinajstić information content (AvgIpc) is 1.73. The van der Waals surface area contributed by atoms with Crippen molar-refractivity contribution in [1.82, 2.24) is 0 Å². The fraction of sp³-hybridized carbons (Fsp3) is 1.00.